The molecule has 0 unspecified atom stereocenters. The first-order chi connectivity index (χ1) is 11.1. The minimum atomic E-state index is -0.139. The number of aryl methyl sites for hydroxylation is 1. The van der Waals surface area contributed by atoms with Gasteiger partial charge in [-0.05, 0) is 49.2 Å². The van der Waals surface area contributed by atoms with E-state index in [2.05, 4.69) is 39.6 Å². The first-order valence-corrected chi connectivity index (χ1v) is 7.58. The summed E-state index contributed by atoms with van der Waals surface area (Å²) in [6.45, 7) is 2.90. The molecule has 0 atom stereocenters. The molecule has 6 nitrogen and oxygen atoms in total. The van der Waals surface area contributed by atoms with E-state index in [1.807, 2.05) is 23.6 Å². The summed E-state index contributed by atoms with van der Waals surface area (Å²) in [6.07, 6.45) is 2.83. The third kappa shape index (κ3) is 2.32. The largest absolute Gasteiger partial charge is 0.374 e. The smallest absolute Gasteiger partial charge is 0.255 e. The SMILES string of the molecule is Cc1nnc2cc(C(=O)Nc3ccc4c(c3)CCN4C)ccn12. The lowest BCUT2D eigenvalue weighted by atomic mass is 10.1. The molecule has 0 bridgehead atoms. The minimum absolute atomic E-state index is 0.139. The van der Waals surface area contributed by atoms with Crippen LogP contribution in [0.4, 0.5) is 11.4 Å². The highest BCUT2D eigenvalue weighted by Crippen LogP contribution is 2.29. The van der Waals surface area contributed by atoms with Gasteiger partial charge in [-0.3, -0.25) is 9.20 Å². The number of aromatic nitrogens is 3. The van der Waals surface area contributed by atoms with Gasteiger partial charge >= 0.3 is 0 Å². The Bertz CT molecular complexity index is 914. The van der Waals surface area contributed by atoms with Crippen LogP contribution in [0.15, 0.2) is 36.5 Å². The van der Waals surface area contributed by atoms with Crippen molar-refractivity contribution in [3.8, 4) is 0 Å². The highest BCUT2D eigenvalue weighted by atomic mass is 16.1. The molecule has 0 aliphatic carbocycles. The van der Waals surface area contributed by atoms with Gasteiger partial charge in [-0.1, -0.05) is 0 Å². The van der Waals surface area contributed by atoms with E-state index in [1.54, 1.807) is 12.1 Å². The van der Waals surface area contributed by atoms with Crippen LogP contribution in [-0.2, 0) is 6.42 Å². The molecule has 0 spiro atoms. The first-order valence-electron chi connectivity index (χ1n) is 7.58. The number of amides is 1. The average molecular weight is 307 g/mol. The van der Waals surface area contributed by atoms with E-state index in [1.165, 1.54) is 11.3 Å². The Morgan fingerprint density at radius 2 is 2.09 bits per heavy atom. The van der Waals surface area contributed by atoms with Gasteiger partial charge in [0.2, 0.25) is 0 Å². The van der Waals surface area contributed by atoms with Gasteiger partial charge in [0.05, 0.1) is 0 Å². The van der Waals surface area contributed by atoms with Crippen molar-refractivity contribution in [3.63, 3.8) is 0 Å². The number of fused-ring (bicyclic) bond motifs is 2. The van der Waals surface area contributed by atoms with Crippen molar-refractivity contribution < 1.29 is 4.79 Å². The lowest BCUT2D eigenvalue weighted by Gasteiger charge is -2.12. The zero-order chi connectivity index (χ0) is 16.0. The summed E-state index contributed by atoms with van der Waals surface area (Å²) in [4.78, 5) is 14.7. The molecule has 6 heteroatoms. The van der Waals surface area contributed by atoms with E-state index in [0.29, 0.717) is 11.2 Å². The van der Waals surface area contributed by atoms with Gasteiger partial charge in [0.1, 0.15) is 5.82 Å². The standard InChI is InChI=1S/C17H17N5O/c1-11-19-20-16-10-13(6-8-22(11)16)17(23)18-14-3-4-15-12(9-14)5-7-21(15)2/h3-4,6,8-10H,5,7H2,1-2H3,(H,18,23). The molecule has 0 saturated heterocycles. The number of nitrogens with zero attached hydrogens (tertiary/aromatic N) is 4. The molecule has 0 saturated carbocycles. The lowest BCUT2D eigenvalue weighted by Crippen LogP contribution is -2.13. The van der Waals surface area contributed by atoms with E-state index in [-0.39, 0.29) is 5.91 Å². The Morgan fingerprint density at radius 1 is 1.22 bits per heavy atom. The van der Waals surface area contributed by atoms with Crippen LogP contribution in [-0.4, -0.2) is 34.1 Å². The van der Waals surface area contributed by atoms with E-state index in [9.17, 15) is 4.79 Å². The quantitative estimate of drug-likeness (QED) is 0.789. The maximum atomic E-state index is 12.5. The number of rotatable bonds is 2. The first kappa shape index (κ1) is 13.8. The molecule has 1 aliphatic rings. The summed E-state index contributed by atoms with van der Waals surface area (Å²) in [5.74, 6) is 0.661. The number of likely N-dealkylation sites (N-methyl/N-ethyl adjacent to an activating group) is 1. The fourth-order valence-electron chi connectivity index (χ4n) is 3.00. The van der Waals surface area contributed by atoms with Crippen molar-refractivity contribution in [1.82, 2.24) is 14.6 Å². The van der Waals surface area contributed by atoms with E-state index in [4.69, 9.17) is 0 Å². The van der Waals surface area contributed by atoms with Crippen molar-refractivity contribution in [2.24, 2.45) is 0 Å². The van der Waals surface area contributed by atoms with Crippen LogP contribution in [0, 0.1) is 6.92 Å². The van der Waals surface area contributed by atoms with Gasteiger partial charge < -0.3 is 10.2 Å². The van der Waals surface area contributed by atoms with Crippen LogP contribution in [0.2, 0.25) is 0 Å². The number of pyridine rings is 1. The molecular formula is C17H17N5O. The normalized spacial score (nSPS) is 13.4. The second kappa shape index (κ2) is 5.08. The zero-order valence-electron chi connectivity index (χ0n) is 13.1. The molecule has 3 heterocycles. The molecule has 1 aliphatic heterocycles. The fraction of sp³-hybridized carbons (Fsp3) is 0.235. The Kier molecular flexibility index (Phi) is 3.04. The van der Waals surface area contributed by atoms with Crippen LogP contribution >= 0.6 is 0 Å². The maximum Gasteiger partial charge on any atom is 0.255 e. The number of nitrogens with one attached hydrogen (secondary N) is 1. The Labute approximate surface area is 133 Å². The highest BCUT2D eigenvalue weighted by Gasteiger charge is 2.16. The molecule has 116 valence electrons. The molecule has 4 rings (SSSR count). The van der Waals surface area contributed by atoms with Crippen LogP contribution in [0.3, 0.4) is 0 Å². The Hall–Kier alpha value is -2.89. The van der Waals surface area contributed by atoms with Crippen molar-refractivity contribution in [1.29, 1.82) is 0 Å². The highest BCUT2D eigenvalue weighted by molar-refractivity contribution is 6.04. The number of carbonyl (C=O) groups excluding carboxylic acids is 1. The summed E-state index contributed by atoms with van der Waals surface area (Å²) >= 11 is 0. The van der Waals surface area contributed by atoms with Crippen LogP contribution in [0.25, 0.3) is 5.65 Å². The van der Waals surface area contributed by atoms with Gasteiger partial charge in [0.25, 0.3) is 5.91 Å². The number of benzene rings is 1. The predicted molar refractivity (Wildman–Crippen MR) is 89.1 cm³/mol. The lowest BCUT2D eigenvalue weighted by molar-refractivity contribution is 0.102. The summed E-state index contributed by atoms with van der Waals surface area (Å²) < 4.78 is 1.85. The number of hydrogen-bond acceptors (Lipinski definition) is 4. The summed E-state index contributed by atoms with van der Waals surface area (Å²) in [5, 5.41) is 11.0. The molecule has 3 aromatic rings. The zero-order valence-corrected chi connectivity index (χ0v) is 13.1. The minimum Gasteiger partial charge on any atom is -0.374 e. The Balaban J connectivity index is 1.59. The Morgan fingerprint density at radius 3 is 2.96 bits per heavy atom. The molecule has 0 fully saturated rings. The second-order valence-corrected chi connectivity index (χ2v) is 5.86. The van der Waals surface area contributed by atoms with Crippen molar-refractivity contribution in [2.45, 2.75) is 13.3 Å². The molecular weight excluding hydrogens is 290 g/mol. The van der Waals surface area contributed by atoms with E-state index < -0.39 is 0 Å². The average Bonchev–Trinajstić information content (AvgIpc) is 3.11. The third-order valence-corrected chi connectivity index (χ3v) is 4.31. The third-order valence-electron chi connectivity index (χ3n) is 4.31. The van der Waals surface area contributed by atoms with Gasteiger partial charge in [0.15, 0.2) is 5.65 Å². The van der Waals surface area contributed by atoms with Crippen LogP contribution in [0.5, 0.6) is 0 Å². The van der Waals surface area contributed by atoms with E-state index >= 15 is 0 Å². The van der Waals surface area contributed by atoms with Gasteiger partial charge in [0, 0.05) is 36.7 Å². The second-order valence-electron chi connectivity index (χ2n) is 5.86. The van der Waals surface area contributed by atoms with Crippen molar-refractivity contribution in [2.75, 3.05) is 23.8 Å². The molecule has 23 heavy (non-hydrogen) atoms. The fourth-order valence-corrected chi connectivity index (χ4v) is 3.00. The monoisotopic (exact) mass is 307 g/mol. The van der Waals surface area contributed by atoms with Crippen molar-refractivity contribution >= 4 is 22.9 Å². The van der Waals surface area contributed by atoms with Crippen LogP contribution in [0.1, 0.15) is 21.7 Å². The van der Waals surface area contributed by atoms with Gasteiger partial charge in [-0.15, -0.1) is 10.2 Å². The molecule has 2 aromatic heterocycles. The molecule has 1 N–H and O–H groups in total. The van der Waals surface area contributed by atoms with Gasteiger partial charge in [-0.2, -0.15) is 0 Å². The summed E-state index contributed by atoms with van der Waals surface area (Å²) in [7, 11) is 2.08. The predicted octanol–water partition coefficient (Wildman–Crippen LogP) is 2.28. The molecule has 1 amide bonds. The van der Waals surface area contributed by atoms with E-state index in [0.717, 1.165) is 24.5 Å². The topological polar surface area (TPSA) is 62.5 Å². The number of anilines is 2. The van der Waals surface area contributed by atoms with Gasteiger partial charge in [-0.25, -0.2) is 0 Å². The number of carbonyl (C=O) groups is 1. The summed E-state index contributed by atoms with van der Waals surface area (Å²) in [6, 6.07) is 9.58. The number of hydrogen-bond donors (Lipinski definition) is 1. The maximum absolute atomic E-state index is 12.5. The molecule has 0 radical (unpaired) electrons. The summed E-state index contributed by atoms with van der Waals surface area (Å²) in [5.41, 5.74) is 4.58. The molecule has 1 aromatic carbocycles. The van der Waals surface area contributed by atoms with Crippen molar-refractivity contribution in [3.05, 3.63) is 53.5 Å². The van der Waals surface area contributed by atoms with Crippen LogP contribution < -0.4 is 10.2 Å².